The van der Waals surface area contributed by atoms with Gasteiger partial charge in [-0.25, -0.2) is 9.59 Å². The molecule has 0 N–H and O–H groups in total. The fraction of sp³-hybridized carbons (Fsp3) is 0.429. The van der Waals surface area contributed by atoms with Gasteiger partial charge in [-0.2, -0.15) is 0 Å². The lowest BCUT2D eigenvalue weighted by Crippen LogP contribution is -2.07. The second-order valence-electron chi connectivity index (χ2n) is 1.86. The third-order valence-corrected chi connectivity index (χ3v) is 1.04. The van der Waals surface area contributed by atoms with Gasteiger partial charge in [0.2, 0.25) is 0 Å². The molecule has 0 aliphatic heterocycles. The van der Waals surface area contributed by atoms with Gasteiger partial charge < -0.3 is 9.47 Å². The largest absolute Gasteiger partial charge is 0.516 e. The zero-order valence-electron chi connectivity index (χ0n) is 6.42. The summed E-state index contributed by atoms with van der Waals surface area (Å²) in [6.45, 7) is 4.71. The molecule has 0 saturated carbocycles. The third kappa shape index (κ3) is 5.14. The first kappa shape index (κ1) is 9.68. The number of carbonyl (C=O) groups excluding carboxylic acids is 2. The van der Waals surface area contributed by atoms with E-state index in [2.05, 4.69) is 9.47 Å². The van der Waals surface area contributed by atoms with Gasteiger partial charge in [0.15, 0.2) is 0 Å². The molecule has 0 heterocycles. The van der Waals surface area contributed by atoms with E-state index in [0.29, 0.717) is 0 Å². The molecule has 4 nitrogen and oxygen atoms in total. The Morgan fingerprint density at radius 3 is 2.73 bits per heavy atom. The molecule has 0 aromatic carbocycles. The van der Waals surface area contributed by atoms with E-state index in [1.165, 1.54) is 0 Å². The highest BCUT2D eigenvalue weighted by Crippen LogP contribution is 1.93. The Morgan fingerprint density at radius 1 is 1.64 bits per heavy atom. The van der Waals surface area contributed by atoms with Crippen LogP contribution in [0.2, 0.25) is 0 Å². The van der Waals surface area contributed by atoms with Crippen LogP contribution in [0.25, 0.3) is 0 Å². The lowest BCUT2D eigenvalue weighted by Gasteiger charge is -1.99. The van der Waals surface area contributed by atoms with Crippen molar-refractivity contribution >= 4 is 12.6 Å². The van der Waals surface area contributed by atoms with Crippen molar-refractivity contribution in [2.24, 2.45) is 0 Å². The molecule has 0 bridgehead atoms. The van der Waals surface area contributed by atoms with E-state index >= 15 is 0 Å². The van der Waals surface area contributed by atoms with Crippen molar-refractivity contribution in [3.05, 3.63) is 11.6 Å². The average Bonchev–Trinajstić information content (AvgIpc) is 2.01. The van der Waals surface area contributed by atoms with Crippen molar-refractivity contribution in [1.29, 1.82) is 0 Å². The summed E-state index contributed by atoms with van der Waals surface area (Å²) in [6, 6.07) is 0. The second kappa shape index (κ2) is 5.46. The smallest absolute Gasteiger partial charge is 0.429 e. The van der Waals surface area contributed by atoms with Crippen molar-refractivity contribution in [3.8, 4) is 0 Å². The Morgan fingerprint density at radius 2 is 2.27 bits per heavy atom. The van der Waals surface area contributed by atoms with Crippen molar-refractivity contribution in [1.82, 2.24) is 0 Å². The molecule has 0 aromatic heterocycles. The highest BCUT2D eigenvalue weighted by atomic mass is 16.7. The molecule has 61 valence electrons. The number of allylic oxidation sites excluding steroid dienone is 1. The van der Waals surface area contributed by atoms with Crippen LogP contribution in [0.1, 0.15) is 13.8 Å². The monoisotopic (exact) mass is 157 g/mol. The van der Waals surface area contributed by atoms with E-state index < -0.39 is 6.16 Å². The van der Waals surface area contributed by atoms with Crippen LogP contribution in [0.5, 0.6) is 0 Å². The van der Waals surface area contributed by atoms with Crippen LogP contribution >= 0.6 is 0 Å². The van der Waals surface area contributed by atoms with Crippen molar-refractivity contribution < 1.29 is 19.1 Å². The number of ether oxygens (including phenoxy) is 2. The molecule has 0 spiro atoms. The molecule has 1 radical (unpaired) electrons. The van der Waals surface area contributed by atoms with E-state index in [-0.39, 0.29) is 6.61 Å². The molecule has 0 amide bonds. The van der Waals surface area contributed by atoms with E-state index in [1.54, 1.807) is 13.0 Å². The van der Waals surface area contributed by atoms with Crippen LogP contribution in [0.4, 0.5) is 4.79 Å². The van der Waals surface area contributed by atoms with Crippen molar-refractivity contribution in [2.75, 3.05) is 6.61 Å². The fourth-order valence-electron chi connectivity index (χ4n) is 0.320. The molecule has 0 atom stereocenters. The fourth-order valence-corrected chi connectivity index (χ4v) is 0.320. The summed E-state index contributed by atoms with van der Waals surface area (Å²) in [7, 11) is 0. The Bertz CT molecular complexity index is 171. The molecular formula is C7H9O4. The van der Waals surface area contributed by atoms with E-state index in [0.717, 1.165) is 12.0 Å². The van der Waals surface area contributed by atoms with E-state index in [9.17, 15) is 9.59 Å². The topological polar surface area (TPSA) is 52.6 Å². The summed E-state index contributed by atoms with van der Waals surface area (Å²) in [5, 5.41) is 0. The van der Waals surface area contributed by atoms with Crippen molar-refractivity contribution in [2.45, 2.75) is 13.8 Å². The third-order valence-electron chi connectivity index (χ3n) is 1.04. The van der Waals surface area contributed by atoms with Crippen LogP contribution in [0, 0.1) is 0 Å². The van der Waals surface area contributed by atoms with Gasteiger partial charge in [0.05, 0.1) is 0 Å². The summed E-state index contributed by atoms with van der Waals surface area (Å²) in [5.41, 5.74) is 0.882. The molecule has 0 aromatic rings. The molecule has 0 saturated heterocycles. The second-order valence-corrected chi connectivity index (χ2v) is 1.86. The highest BCUT2D eigenvalue weighted by Gasteiger charge is 2.02. The first-order valence-electron chi connectivity index (χ1n) is 3.03. The molecular weight excluding hydrogens is 148 g/mol. The van der Waals surface area contributed by atoms with Gasteiger partial charge in [0.1, 0.15) is 6.61 Å². The maximum absolute atomic E-state index is 10.3. The minimum absolute atomic E-state index is 0.136. The normalized spacial score (nSPS) is 10.5. The lowest BCUT2D eigenvalue weighted by molar-refractivity contribution is 0.102. The summed E-state index contributed by atoms with van der Waals surface area (Å²) in [6.07, 6.45) is 0.763. The van der Waals surface area contributed by atoms with Crippen LogP contribution < -0.4 is 0 Å². The zero-order valence-corrected chi connectivity index (χ0v) is 6.42. The van der Waals surface area contributed by atoms with E-state index in [4.69, 9.17) is 0 Å². The Hall–Kier alpha value is -1.32. The lowest BCUT2D eigenvalue weighted by atomic mass is 10.3. The predicted octanol–water partition coefficient (Wildman–Crippen LogP) is 1.17. The quantitative estimate of drug-likeness (QED) is 0.350. The number of hydrogen-bond acceptors (Lipinski definition) is 4. The molecule has 0 unspecified atom stereocenters. The minimum atomic E-state index is -1.03. The molecule has 0 aliphatic carbocycles. The van der Waals surface area contributed by atoms with Gasteiger partial charge in [0.25, 0.3) is 0 Å². The number of hydrogen-bond donors (Lipinski definition) is 0. The van der Waals surface area contributed by atoms with Crippen LogP contribution in [-0.4, -0.2) is 19.2 Å². The number of rotatable bonds is 3. The van der Waals surface area contributed by atoms with Gasteiger partial charge in [-0.05, 0) is 19.4 Å². The summed E-state index contributed by atoms with van der Waals surface area (Å²) in [5.74, 6) is 0. The van der Waals surface area contributed by atoms with Crippen molar-refractivity contribution in [3.63, 3.8) is 0 Å². The van der Waals surface area contributed by atoms with Crippen LogP contribution in [0.3, 0.4) is 0 Å². The Kier molecular flexibility index (Phi) is 4.81. The first-order valence-corrected chi connectivity index (χ1v) is 3.03. The maximum Gasteiger partial charge on any atom is 0.516 e. The molecule has 11 heavy (non-hydrogen) atoms. The van der Waals surface area contributed by atoms with Gasteiger partial charge in [-0.3, -0.25) is 0 Å². The first-order chi connectivity index (χ1) is 5.20. The maximum atomic E-state index is 10.3. The van der Waals surface area contributed by atoms with Gasteiger partial charge in [-0.15, -0.1) is 0 Å². The minimum Gasteiger partial charge on any atom is -0.429 e. The summed E-state index contributed by atoms with van der Waals surface area (Å²) in [4.78, 5) is 19.8. The molecule has 4 heteroatoms. The Balaban J connectivity index is 3.53. The summed E-state index contributed by atoms with van der Waals surface area (Å²) >= 11 is 0. The standard InChI is InChI=1S/C7H9O4/c1-3-6(2)4-10-7(9)11-5-8/h3H,4H2,1-2H3/b6-3+. The highest BCUT2D eigenvalue weighted by molar-refractivity contribution is 5.69. The molecule has 0 rings (SSSR count). The average molecular weight is 157 g/mol. The van der Waals surface area contributed by atoms with Crippen LogP contribution in [-0.2, 0) is 14.3 Å². The number of carbonyl (C=O) groups is 1. The zero-order chi connectivity index (χ0) is 8.69. The van der Waals surface area contributed by atoms with Gasteiger partial charge in [-0.1, -0.05) is 6.08 Å². The van der Waals surface area contributed by atoms with Gasteiger partial charge in [0, 0.05) is 0 Å². The molecule has 0 aliphatic rings. The van der Waals surface area contributed by atoms with E-state index in [1.807, 2.05) is 6.92 Å². The predicted molar refractivity (Wildman–Crippen MR) is 37.6 cm³/mol. The SMILES string of the molecule is C/C=C(\C)COC(=O)O[C]=O. The summed E-state index contributed by atoms with van der Waals surface area (Å²) < 4.78 is 8.19. The molecule has 0 fully saturated rings. The van der Waals surface area contributed by atoms with Crippen LogP contribution in [0.15, 0.2) is 11.6 Å². The Labute approximate surface area is 64.8 Å². The van der Waals surface area contributed by atoms with Gasteiger partial charge >= 0.3 is 12.6 Å².